The van der Waals surface area contributed by atoms with E-state index in [1.807, 2.05) is 67.6 Å². The first-order valence-corrected chi connectivity index (χ1v) is 12.6. The maximum atomic E-state index is 13.2. The Labute approximate surface area is 204 Å². The lowest BCUT2D eigenvalue weighted by atomic mass is 10.00. The zero-order valence-corrected chi connectivity index (χ0v) is 19.8. The number of carbonyl (C=O) groups is 1. The normalized spacial score (nSPS) is 14.1. The highest BCUT2D eigenvalue weighted by Gasteiger charge is 2.30. The van der Waals surface area contributed by atoms with Gasteiger partial charge in [0.2, 0.25) is 0 Å². The molecule has 0 saturated carbocycles. The van der Waals surface area contributed by atoms with Crippen LogP contribution in [-0.2, 0) is 14.8 Å². The van der Waals surface area contributed by atoms with E-state index >= 15 is 0 Å². The number of hydrogen-bond donors (Lipinski definition) is 3. The van der Waals surface area contributed by atoms with Crippen LogP contribution in [0.1, 0.15) is 16.7 Å². The second-order valence-electron chi connectivity index (χ2n) is 8.24. The number of sulfonamides is 1. The van der Waals surface area contributed by atoms with Gasteiger partial charge in [0.25, 0.3) is 15.9 Å². The van der Waals surface area contributed by atoms with E-state index in [0.717, 1.165) is 16.8 Å². The smallest absolute Gasteiger partial charge is 0.261 e. The number of carbonyl (C=O) groups excluding carboxylic acids is 1. The number of rotatable bonds is 6. The largest absolute Gasteiger partial charge is 0.354 e. The molecule has 1 heterocycles. The summed E-state index contributed by atoms with van der Waals surface area (Å²) in [5.41, 5.74) is 5.25. The van der Waals surface area contributed by atoms with Gasteiger partial charge in [-0.15, -0.1) is 0 Å². The van der Waals surface area contributed by atoms with E-state index in [1.54, 1.807) is 30.3 Å². The van der Waals surface area contributed by atoms with E-state index in [1.165, 1.54) is 12.1 Å². The molecule has 6 nitrogen and oxygen atoms in total. The average molecular weight is 482 g/mol. The zero-order chi connectivity index (χ0) is 24.4. The van der Waals surface area contributed by atoms with Crippen molar-refractivity contribution >= 4 is 44.3 Å². The molecule has 0 bridgehead atoms. The number of amides is 1. The fraction of sp³-hybridized carbons (Fsp3) is 0.0357. The third-order valence-electron chi connectivity index (χ3n) is 5.71. The lowest BCUT2D eigenvalue weighted by molar-refractivity contribution is -0.110. The van der Waals surface area contributed by atoms with Crippen LogP contribution in [0.25, 0.3) is 11.3 Å². The van der Waals surface area contributed by atoms with E-state index < -0.39 is 10.0 Å². The van der Waals surface area contributed by atoms with Gasteiger partial charge in [0.05, 0.1) is 16.2 Å². The van der Waals surface area contributed by atoms with Gasteiger partial charge in [-0.2, -0.15) is 0 Å². The van der Waals surface area contributed by atoms with Crippen LogP contribution in [0, 0.1) is 6.92 Å². The summed E-state index contributed by atoms with van der Waals surface area (Å²) < 4.78 is 28.8. The molecule has 0 spiro atoms. The van der Waals surface area contributed by atoms with Gasteiger partial charge in [0, 0.05) is 22.6 Å². The summed E-state index contributed by atoms with van der Waals surface area (Å²) in [4.78, 5) is 13.2. The summed E-state index contributed by atoms with van der Waals surface area (Å²) in [5.74, 6) is -0.302. The quantitative estimate of drug-likeness (QED) is 0.307. The molecule has 0 radical (unpaired) electrons. The van der Waals surface area contributed by atoms with Crippen molar-refractivity contribution in [1.82, 2.24) is 0 Å². The maximum absolute atomic E-state index is 13.2. The molecule has 0 unspecified atom stereocenters. The summed E-state index contributed by atoms with van der Waals surface area (Å²) in [6, 6.07) is 30.7. The Bertz CT molecular complexity index is 1530. The summed E-state index contributed by atoms with van der Waals surface area (Å²) in [6.45, 7) is 2.01. The monoisotopic (exact) mass is 481 g/mol. The molecule has 0 atom stereocenters. The van der Waals surface area contributed by atoms with Gasteiger partial charge >= 0.3 is 0 Å². The first-order valence-electron chi connectivity index (χ1n) is 11.1. The Morgan fingerprint density at radius 1 is 0.771 bits per heavy atom. The van der Waals surface area contributed by atoms with Gasteiger partial charge in [-0.05, 0) is 55.0 Å². The number of hydrogen-bond acceptors (Lipinski definition) is 4. The Morgan fingerprint density at radius 3 is 2.11 bits per heavy atom. The van der Waals surface area contributed by atoms with Crippen LogP contribution in [0.3, 0.4) is 0 Å². The van der Waals surface area contributed by atoms with E-state index in [-0.39, 0.29) is 10.8 Å². The average Bonchev–Trinajstić information content (AvgIpc) is 3.19. The zero-order valence-electron chi connectivity index (χ0n) is 18.9. The molecule has 0 fully saturated rings. The van der Waals surface area contributed by atoms with Crippen LogP contribution in [0.2, 0.25) is 0 Å². The molecule has 7 heteroatoms. The summed E-state index contributed by atoms with van der Waals surface area (Å²) in [6.07, 6.45) is 0. The highest BCUT2D eigenvalue weighted by Crippen LogP contribution is 2.39. The topological polar surface area (TPSA) is 87.3 Å². The fourth-order valence-corrected chi connectivity index (χ4v) is 5.03. The number of fused-ring (bicyclic) bond motifs is 1. The Morgan fingerprint density at radius 2 is 1.43 bits per heavy atom. The first kappa shape index (κ1) is 22.4. The van der Waals surface area contributed by atoms with Crippen molar-refractivity contribution in [1.29, 1.82) is 0 Å². The fourth-order valence-electron chi connectivity index (χ4n) is 3.95. The predicted molar refractivity (Wildman–Crippen MR) is 140 cm³/mol. The molecule has 1 aliphatic heterocycles. The molecule has 3 N–H and O–H groups in total. The Hall–Kier alpha value is -4.36. The highest BCUT2D eigenvalue weighted by molar-refractivity contribution is 7.92. The first-order chi connectivity index (χ1) is 16.9. The molecule has 0 saturated heterocycles. The molecule has 4 aromatic carbocycles. The maximum Gasteiger partial charge on any atom is 0.261 e. The number of anilines is 3. The van der Waals surface area contributed by atoms with E-state index in [4.69, 9.17) is 0 Å². The molecule has 0 aromatic heterocycles. The lowest BCUT2D eigenvalue weighted by Crippen LogP contribution is -2.13. The molecule has 5 rings (SSSR count). The Kier molecular flexibility index (Phi) is 5.84. The molecule has 35 heavy (non-hydrogen) atoms. The van der Waals surface area contributed by atoms with Crippen LogP contribution < -0.4 is 15.4 Å². The second kappa shape index (κ2) is 9.12. The predicted octanol–water partition coefficient (Wildman–Crippen LogP) is 5.73. The van der Waals surface area contributed by atoms with Crippen LogP contribution in [-0.4, -0.2) is 14.3 Å². The molecular formula is C28H23N3O3S. The number of benzene rings is 4. The van der Waals surface area contributed by atoms with Gasteiger partial charge in [-0.1, -0.05) is 66.2 Å². The van der Waals surface area contributed by atoms with Gasteiger partial charge < -0.3 is 10.6 Å². The summed E-state index contributed by atoms with van der Waals surface area (Å²) in [5, 5.41) is 6.26. The van der Waals surface area contributed by atoms with E-state index in [0.29, 0.717) is 28.2 Å². The Balaban J connectivity index is 1.63. The molecular weight excluding hydrogens is 458 g/mol. The third-order valence-corrected chi connectivity index (χ3v) is 7.08. The van der Waals surface area contributed by atoms with Crippen molar-refractivity contribution in [3.8, 4) is 0 Å². The van der Waals surface area contributed by atoms with Crippen LogP contribution in [0.15, 0.2) is 108 Å². The van der Waals surface area contributed by atoms with E-state index in [9.17, 15) is 13.2 Å². The van der Waals surface area contributed by atoms with Crippen molar-refractivity contribution in [2.75, 3.05) is 15.4 Å². The van der Waals surface area contributed by atoms with Crippen LogP contribution in [0.4, 0.5) is 17.1 Å². The number of para-hydroxylation sites is 1. The minimum Gasteiger partial charge on any atom is -0.354 e. The SMILES string of the molecule is Cc1ccc(N/C(=C2\C(=O)Nc3ccc(S(=O)(=O)Nc4ccccc4)cc32)c2ccccc2)cc1. The molecule has 174 valence electrons. The van der Waals surface area contributed by atoms with Gasteiger partial charge in [-0.3, -0.25) is 9.52 Å². The van der Waals surface area contributed by atoms with Gasteiger partial charge in [0.15, 0.2) is 0 Å². The van der Waals surface area contributed by atoms with Crippen molar-refractivity contribution < 1.29 is 13.2 Å². The second-order valence-corrected chi connectivity index (χ2v) is 9.92. The molecule has 1 amide bonds. The van der Waals surface area contributed by atoms with Crippen molar-refractivity contribution in [2.45, 2.75) is 11.8 Å². The molecule has 4 aromatic rings. The van der Waals surface area contributed by atoms with Crippen molar-refractivity contribution in [2.24, 2.45) is 0 Å². The summed E-state index contributed by atoms with van der Waals surface area (Å²) >= 11 is 0. The number of nitrogens with one attached hydrogen (secondary N) is 3. The third kappa shape index (κ3) is 4.67. The van der Waals surface area contributed by atoms with Crippen molar-refractivity contribution in [3.05, 3.63) is 120 Å². The molecule has 1 aliphatic rings. The number of aryl methyl sites for hydroxylation is 1. The van der Waals surface area contributed by atoms with E-state index in [2.05, 4.69) is 15.4 Å². The van der Waals surface area contributed by atoms with Gasteiger partial charge in [-0.25, -0.2) is 8.42 Å². The van der Waals surface area contributed by atoms with Gasteiger partial charge in [0.1, 0.15) is 0 Å². The highest BCUT2D eigenvalue weighted by atomic mass is 32.2. The molecule has 0 aliphatic carbocycles. The summed E-state index contributed by atoms with van der Waals surface area (Å²) in [7, 11) is -3.86. The minimum absolute atomic E-state index is 0.0665. The lowest BCUT2D eigenvalue weighted by Gasteiger charge is -2.15. The minimum atomic E-state index is -3.86. The van der Waals surface area contributed by atoms with Crippen LogP contribution >= 0.6 is 0 Å². The van der Waals surface area contributed by atoms with Crippen molar-refractivity contribution in [3.63, 3.8) is 0 Å². The van der Waals surface area contributed by atoms with Crippen LogP contribution in [0.5, 0.6) is 0 Å². The standard InChI is InChI=1S/C28H23N3O3S/c1-19-12-14-21(15-13-19)29-27(20-8-4-2-5-9-20)26-24-18-23(16-17-25(24)30-28(26)32)35(33,34)31-22-10-6-3-7-11-22/h2-18,29,31H,1H3,(H,30,32)/b27-26-.